The first-order valence-corrected chi connectivity index (χ1v) is 4.39. The average Bonchev–Trinajstić information content (AvgIpc) is 1.87. The van der Waals surface area contributed by atoms with Crippen molar-refractivity contribution in [3.8, 4) is 0 Å². The van der Waals surface area contributed by atoms with Crippen molar-refractivity contribution in [3.05, 3.63) is 0 Å². The lowest BCUT2D eigenvalue weighted by Crippen LogP contribution is -2.04. The van der Waals surface area contributed by atoms with Crippen LogP contribution in [-0.2, 0) is 4.79 Å². The molecule has 0 unspecified atom stereocenters. The number of carbonyl (C=O) groups is 1. The Morgan fingerprint density at radius 2 is 1.40 bits per heavy atom. The van der Waals surface area contributed by atoms with Gasteiger partial charge in [-0.3, -0.25) is 0 Å². The summed E-state index contributed by atoms with van der Waals surface area (Å²) in [7, 11) is 0. The lowest BCUT2D eigenvalue weighted by molar-refractivity contribution is -0.111. The van der Waals surface area contributed by atoms with Crippen molar-refractivity contribution >= 4 is 6.29 Å². The second kappa shape index (κ2) is 4.48. The highest BCUT2D eigenvalue weighted by atomic mass is 16.1. The number of hydrogen-bond donors (Lipinski definition) is 0. The normalized spacial score (nSPS) is 23.2. The molecule has 1 rings (SSSR count). The first-order valence-electron chi connectivity index (χ1n) is 4.39. The standard InChI is InChI=1S/C9H16O/c10-8-9-6-4-2-1-3-5-7-9/h8-9H,1-7H2. The van der Waals surface area contributed by atoms with Crippen molar-refractivity contribution in [3.63, 3.8) is 0 Å². The molecule has 10 heavy (non-hydrogen) atoms. The minimum absolute atomic E-state index is 0.389. The van der Waals surface area contributed by atoms with Crippen LogP contribution in [0.25, 0.3) is 0 Å². The van der Waals surface area contributed by atoms with E-state index in [1.807, 2.05) is 0 Å². The van der Waals surface area contributed by atoms with Gasteiger partial charge in [0.05, 0.1) is 0 Å². The Morgan fingerprint density at radius 3 is 1.90 bits per heavy atom. The smallest absolute Gasteiger partial charge is 0.123 e. The van der Waals surface area contributed by atoms with Gasteiger partial charge in [0.1, 0.15) is 6.29 Å². The second-order valence-corrected chi connectivity index (χ2v) is 3.24. The van der Waals surface area contributed by atoms with E-state index in [9.17, 15) is 4.79 Å². The van der Waals surface area contributed by atoms with Crippen LogP contribution in [0.3, 0.4) is 0 Å². The molecule has 58 valence electrons. The van der Waals surface area contributed by atoms with Crippen LogP contribution in [0, 0.1) is 5.92 Å². The summed E-state index contributed by atoms with van der Waals surface area (Å²) >= 11 is 0. The molecular formula is C9H16O. The SMILES string of the molecule is O=CC1CCCCCCC1. The van der Waals surface area contributed by atoms with E-state index in [1.165, 1.54) is 32.1 Å². The molecule has 0 aromatic carbocycles. The maximum absolute atomic E-state index is 10.4. The zero-order chi connectivity index (χ0) is 7.23. The van der Waals surface area contributed by atoms with E-state index in [0.717, 1.165) is 19.1 Å². The highest BCUT2D eigenvalue weighted by Gasteiger charge is 2.08. The fourth-order valence-electron chi connectivity index (χ4n) is 1.62. The minimum atomic E-state index is 0.389. The van der Waals surface area contributed by atoms with Gasteiger partial charge in [-0.15, -0.1) is 0 Å². The third kappa shape index (κ3) is 2.51. The van der Waals surface area contributed by atoms with Gasteiger partial charge in [0, 0.05) is 5.92 Å². The van der Waals surface area contributed by atoms with Gasteiger partial charge in [0.2, 0.25) is 0 Å². The summed E-state index contributed by atoms with van der Waals surface area (Å²) < 4.78 is 0. The molecule has 1 aliphatic rings. The average molecular weight is 140 g/mol. The number of rotatable bonds is 1. The molecule has 1 heteroatoms. The third-order valence-electron chi connectivity index (χ3n) is 2.34. The van der Waals surface area contributed by atoms with E-state index < -0.39 is 0 Å². The molecule has 0 heterocycles. The van der Waals surface area contributed by atoms with E-state index in [1.54, 1.807) is 0 Å². The van der Waals surface area contributed by atoms with Crippen LogP contribution in [-0.4, -0.2) is 6.29 Å². The lowest BCUT2D eigenvalue weighted by atomic mass is 9.92. The van der Waals surface area contributed by atoms with Gasteiger partial charge in [-0.2, -0.15) is 0 Å². The number of carbonyl (C=O) groups excluding carboxylic acids is 1. The van der Waals surface area contributed by atoms with Crippen LogP contribution >= 0.6 is 0 Å². The first kappa shape index (κ1) is 7.77. The second-order valence-electron chi connectivity index (χ2n) is 3.24. The number of aldehydes is 1. The van der Waals surface area contributed by atoms with Gasteiger partial charge in [0.15, 0.2) is 0 Å². The van der Waals surface area contributed by atoms with Crippen LogP contribution in [0.2, 0.25) is 0 Å². The maximum atomic E-state index is 10.4. The fourth-order valence-corrected chi connectivity index (χ4v) is 1.62. The molecule has 0 amide bonds. The molecule has 0 radical (unpaired) electrons. The molecule has 0 aliphatic heterocycles. The maximum Gasteiger partial charge on any atom is 0.123 e. The molecule has 0 atom stereocenters. The predicted octanol–water partition coefficient (Wildman–Crippen LogP) is 2.55. The van der Waals surface area contributed by atoms with Crippen molar-refractivity contribution in [2.45, 2.75) is 44.9 Å². The Labute approximate surface area is 62.8 Å². The van der Waals surface area contributed by atoms with Gasteiger partial charge < -0.3 is 4.79 Å². The Kier molecular flexibility index (Phi) is 3.48. The van der Waals surface area contributed by atoms with E-state index in [0.29, 0.717) is 5.92 Å². The largest absolute Gasteiger partial charge is 0.303 e. The van der Waals surface area contributed by atoms with Crippen molar-refractivity contribution in [1.29, 1.82) is 0 Å². The van der Waals surface area contributed by atoms with E-state index in [2.05, 4.69) is 0 Å². The van der Waals surface area contributed by atoms with E-state index in [-0.39, 0.29) is 0 Å². The highest BCUT2D eigenvalue weighted by molar-refractivity contribution is 5.53. The topological polar surface area (TPSA) is 17.1 Å². The Balaban J connectivity index is 2.22. The molecule has 1 fully saturated rings. The van der Waals surface area contributed by atoms with Crippen LogP contribution < -0.4 is 0 Å². The molecule has 0 bridgehead atoms. The molecule has 0 spiro atoms. The minimum Gasteiger partial charge on any atom is -0.303 e. The van der Waals surface area contributed by atoms with Gasteiger partial charge >= 0.3 is 0 Å². The van der Waals surface area contributed by atoms with Crippen LogP contribution in [0.1, 0.15) is 44.9 Å². The van der Waals surface area contributed by atoms with Crippen molar-refractivity contribution in [1.82, 2.24) is 0 Å². The van der Waals surface area contributed by atoms with E-state index >= 15 is 0 Å². The monoisotopic (exact) mass is 140 g/mol. The molecule has 1 nitrogen and oxygen atoms in total. The Hall–Kier alpha value is -0.330. The molecule has 1 saturated carbocycles. The van der Waals surface area contributed by atoms with Gasteiger partial charge in [-0.05, 0) is 12.8 Å². The summed E-state index contributed by atoms with van der Waals surface area (Å²) in [4.78, 5) is 10.4. The molecule has 0 saturated heterocycles. The van der Waals surface area contributed by atoms with Gasteiger partial charge in [-0.25, -0.2) is 0 Å². The molecule has 0 aromatic heterocycles. The lowest BCUT2D eigenvalue weighted by Gasteiger charge is -2.12. The fraction of sp³-hybridized carbons (Fsp3) is 0.889. The Morgan fingerprint density at radius 1 is 0.900 bits per heavy atom. The Bertz CT molecular complexity index is 90.9. The van der Waals surface area contributed by atoms with Gasteiger partial charge in [-0.1, -0.05) is 32.1 Å². The zero-order valence-corrected chi connectivity index (χ0v) is 6.51. The quantitative estimate of drug-likeness (QED) is 0.511. The summed E-state index contributed by atoms with van der Waals surface area (Å²) in [6, 6.07) is 0. The molecular weight excluding hydrogens is 124 g/mol. The first-order chi connectivity index (χ1) is 4.93. The summed E-state index contributed by atoms with van der Waals surface area (Å²) in [5.41, 5.74) is 0. The van der Waals surface area contributed by atoms with Crippen molar-refractivity contribution in [2.24, 2.45) is 5.92 Å². The number of hydrogen-bond acceptors (Lipinski definition) is 1. The van der Waals surface area contributed by atoms with Crippen LogP contribution in [0.15, 0.2) is 0 Å². The molecule has 1 aliphatic carbocycles. The van der Waals surface area contributed by atoms with Crippen LogP contribution in [0.5, 0.6) is 0 Å². The summed E-state index contributed by atoms with van der Waals surface area (Å²) in [5.74, 6) is 0.389. The highest BCUT2D eigenvalue weighted by Crippen LogP contribution is 2.20. The summed E-state index contributed by atoms with van der Waals surface area (Å²) in [6.45, 7) is 0. The predicted molar refractivity (Wildman–Crippen MR) is 41.9 cm³/mol. The summed E-state index contributed by atoms with van der Waals surface area (Å²) in [5, 5.41) is 0. The van der Waals surface area contributed by atoms with Crippen molar-refractivity contribution < 1.29 is 4.79 Å². The molecule has 0 N–H and O–H groups in total. The third-order valence-corrected chi connectivity index (χ3v) is 2.34. The van der Waals surface area contributed by atoms with Crippen molar-refractivity contribution in [2.75, 3.05) is 0 Å². The summed E-state index contributed by atoms with van der Waals surface area (Å²) in [6.07, 6.45) is 10.0. The zero-order valence-electron chi connectivity index (χ0n) is 6.51. The van der Waals surface area contributed by atoms with E-state index in [4.69, 9.17) is 0 Å². The molecule has 0 aromatic rings. The van der Waals surface area contributed by atoms with Crippen LogP contribution in [0.4, 0.5) is 0 Å². The van der Waals surface area contributed by atoms with Gasteiger partial charge in [0.25, 0.3) is 0 Å².